The number of sulfonamides is 1. The fraction of sp³-hybridized carbons (Fsp3) is 0.619. The van der Waals surface area contributed by atoms with Crippen molar-refractivity contribution in [2.45, 2.75) is 49.5 Å². The number of likely N-dealkylation sites (tertiary alicyclic amines) is 1. The summed E-state index contributed by atoms with van der Waals surface area (Å²) in [5.41, 5.74) is 1.36. The first-order valence-electron chi connectivity index (χ1n) is 10.7. The largest absolute Gasteiger partial charge is 0.358 e. The number of nitrogens with zero attached hydrogens (tertiary/aromatic N) is 4. The van der Waals surface area contributed by atoms with E-state index in [4.69, 9.17) is 0 Å². The molecule has 3 aliphatic rings. The highest BCUT2D eigenvalue weighted by Crippen LogP contribution is 2.41. The Hall–Kier alpha value is -2.13. The maximum absolute atomic E-state index is 13.4. The van der Waals surface area contributed by atoms with Crippen molar-refractivity contribution in [1.82, 2.24) is 9.21 Å². The lowest BCUT2D eigenvalue weighted by atomic mass is 9.96. The molecule has 0 bridgehead atoms. The fourth-order valence-electron chi connectivity index (χ4n) is 4.65. The first-order chi connectivity index (χ1) is 14.3. The second kappa shape index (κ2) is 8.19. The molecule has 2 saturated heterocycles. The van der Waals surface area contributed by atoms with Crippen LogP contribution >= 0.6 is 0 Å². The van der Waals surface area contributed by atoms with E-state index in [1.807, 2.05) is 4.90 Å². The molecule has 8 nitrogen and oxygen atoms in total. The van der Waals surface area contributed by atoms with Crippen LogP contribution in [-0.4, -0.2) is 75.8 Å². The molecule has 0 radical (unpaired) electrons. The summed E-state index contributed by atoms with van der Waals surface area (Å²) >= 11 is 0. The smallest absolute Gasteiger partial charge is 0.250 e. The van der Waals surface area contributed by atoms with Gasteiger partial charge in [0, 0.05) is 33.7 Å². The Morgan fingerprint density at radius 3 is 2.43 bits per heavy atom. The highest BCUT2D eigenvalue weighted by molar-refractivity contribution is 7.89. The zero-order valence-corrected chi connectivity index (χ0v) is 18.5. The van der Waals surface area contributed by atoms with E-state index < -0.39 is 10.0 Å². The predicted molar refractivity (Wildman–Crippen MR) is 115 cm³/mol. The monoisotopic (exact) mass is 434 g/mol. The minimum Gasteiger partial charge on any atom is -0.358 e. The first kappa shape index (κ1) is 21.1. The van der Waals surface area contributed by atoms with Crippen molar-refractivity contribution >= 4 is 33.2 Å². The van der Waals surface area contributed by atoms with Crippen molar-refractivity contribution in [3.63, 3.8) is 0 Å². The fourth-order valence-corrected chi connectivity index (χ4v) is 5.57. The molecule has 1 aromatic rings. The maximum atomic E-state index is 13.4. The van der Waals surface area contributed by atoms with Crippen LogP contribution in [-0.2, 0) is 19.6 Å². The normalized spacial score (nSPS) is 22.2. The van der Waals surface area contributed by atoms with Gasteiger partial charge in [0.15, 0.2) is 0 Å². The number of carbonyl (C=O) groups is 2. The Labute approximate surface area is 178 Å². The molecule has 4 rings (SSSR count). The van der Waals surface area contributed by atoms with Crippen molar-refractivity contribution in [2.24, 2.45) is 0 Å². The number of hydrogen-bond acceptors (Lipinski definition) is 5. The number of hydrogen-bond donors (Lipinski definition) is 0. The van der Waals surface area contributed by atoms with Crippen molar-refractivity contribution in [1.29, 1.82) is 0 Å². The van der Waals surface area contributed by atoms with Crippen molar-refractivity contribution in [3.05, 3.63) is 18.2 Å². The topological polar surface area (TPSA) is 81.2 Å². The minimum atomic E-state index is -3.65. The molecule has 164 valence electrons. The molecule has 3 heterocycles. The Morgan fingerprint density at radius 2 is 1.73 bits per heavy atom. The number of rotatable bonds is 4. The molecule has 0 saturated carbocycles. The molecule has 0 aromatic heterocycles. The van der Waals surface area contributed by atoms with Gasteiger partial charge < -0.3 is 9.80 Å². The summed E-state index contributed by atoms with van der Waals surface area (Å²) in [4.78, 5) is 31.9. The minimum absolute atomic E-state index is 0.0400. The van der Waals surface area contributed by atoms with Crippen LogP contribution in [0.1, 0.15) is 38.5 Å². The van der Waals surface area contributed by atoms with E-state index in [9.17, 15) is 18.0 Å². The molecule has 2 fully saturated rings. The lowest BCUT2D eigenvalue weighted by Gasteiger charge is -2.45. The highest BCUT2D eigenvalue weighted by Gasteiger charge is 2.41. The molecular formula is C21H30N4O4S. The summed E-state index contributed by atoms with van der Waals surface area (Å²) in [5, 5.41) is 0. The molecule has 2 amide bonds. The Kier molecular flexibility index (Phi) is 5.76. The van der Waals surface area contributed by atoms with E-state index in [0.29, 0.717) is 5.69 Å². The van der Waals surface area contributed by atoms with Gasteiger partial charge in [-0.3, -0.25) is 14.5 Å². The third-order valence-electron chi connectivity index (χ3n) is 6.38. The molecular weight excluding hydrogens is 404 g/mol. The molecule has 0 spiro atoms. The average Bonchev–Trinajstić information content (AvgIpc) is 2.76. The van der Waals surface area contributed by atoms with Crippen LogP contribution in [0.5, 0.6) is 0 Å². The van der Waals surface area contributed by atoms with Gasteiger partial charge >= 0.3 is 0 Å². The Bertz CT molecular complexity index is 940. The lowest BCUT2D eigenvalue weighted by Crippen LogP contribution is -2.57. The summed E-state index contributed by atoms with van der Waals surface area (Å²) in [6.07, 6.45) is 5.81. The lowest BCUT2D eigenvalue weighted by molar-refractivity contribution is -0.132. The predicted octanol–water partition coefficient (Wildman–Crippen LogP) is 1.65. The van der Waals surface area contributed by atoms with Gasteiger partial charge in [-0.25, -0.2) is 12.7 Å². The molecule has 9 heteroatoms. The van der Waals surface area contributed by atoms with E-state index in [2.05, 4.69) is 4.90 Å². The highest BCUT2D eigenvalue weighted by atomic mass is 32.2. The molecule has 0 aliphatic carbocycles. The average molecular weight is 435 g/mol. The molecule has 0 N–H and O–H groups in total. The zero-order valence-electron chi connectivity index (χ0n) is 17.7. The summed E-state index contributed by atoms with van der Waals surface area (Å²) in [6, 6.07) is 4.66. The summed E-state index contributed by atoms with van der Waals surface area (Å²) in [5.74, 6) is -0.175. The maximum Gasteiger partial charge on any atom is 0.250 e. The third kappa shape index (κ3) is 3.69. The SMILES string of the molecule is CN(C)S(=O)(=O)c1ccc2c(c1)N(CC(=O)N1CCCCC1)C(=O)C1CCCCN21. The van der Waals surface area contributed by atoms with E-state index in [-0.39, 0.29) is 29.3 Å². The van der Waals surface area contributed by atoms with Crippen LogP contribution < -0.4 is 9.80 Å². The third-order valence-corrected chi connectivity index (χ3v) is 8.19. The second-order valence-corrected chi connectivity index (χ2v) is 10.7. The number of fused-ring (bicyclic) bond motifs is 3. The second-order valence-electron chi connectivity index (χ2n) is 8.51. The molecule has 1 aromatic carbocycles. The van der Waals surface area contributed by atoms with Gasteiger partial charge in [0.1, 0.15) is 12.6 Å². The van der Waals surface area contributed by atoms with Crippen LogP contribution in [0.4, 0.5) is 11.4 Å². The van der Waals surface area contributed by atoms with Crippen molar-refractivity contribution < 1.29 is 18.0 Å². The van der Waals surface area contributed by atoms with Crippen molar-refractivity contribution in [2.75, 3.05) is 50.1 Å². The van der Waals surface area contributed by atoms with Crippen LogP contribution in [0.3, 0.4) is 0 Å². The molecule has 3 aliphatic heterocycles. The van der Waals surface area contributed by atoms with Gasteiger partial charge in [0.2, 0.25) is 21.8 Å². The van der Waals surface area contributed by atoms with Crippen LogP contribution in [0, 0.1) is 0 Å². The van der Waals surface area contributed by atoms with Crippen LogP contribution in [0.25, 0.3) is 0 Å². The van der Waals surface area contributed by atoms with Crippen molar-refractivity contribution in [3.8, 4) is 0 Å². The number of carbonyl (C=O) groups excluding carboxylic acids is 2. The zero-order chi connectivity index (χ0) is 21.5. The summed E-state index contributed by atoms with van der Waals surface area (Å²) in [6.45, 7) is 2.16. The van der Waals surface area contributed by atoms with E-state index in [1.54, 1.807) is 18.2 Å². The van der Waals surface area contributed by atoms with Gasteiger partial charge in [0.05, 0.1) is 16.3 Å². The quantitative estimate of drug-likeness (QED) is 0.720. The van der Waals surface area contributed by atoms with Gasteiger partial charge in [-0.05, 0) is 56.7 Å². The number of piperidine rings is 2. The number of amides is 2. The molecule has 30 heavy (non-hydrogen) atoms. The number of benzene rings is 1. The van der Waals surface area contributed by atoms with Crippen LogP contribution in [0.2, 0.25) is 0 Å². The van der Waals surface area contributed by atoms with E-state index >= 15 is 0 Å². The van der Waals surface area contributed by atoms with E-state index in [0.717, 1.165) is 68.2 Å². The van der Waals surface area contributed by atoms with Crippen LogP contribution in [0.15, 0.2) is 23.1 Å². The Balaban J connectivity index is 1.73. The van der Waals surface area contributed by atoms with Gasteiger partial charge in [-0.2, -0.15) is 0 Å². The molecule has 1 unspecified atom stereocenters. The van der Waals surface area contributed by atoms with E-state index in [1.165, 1.54) is 19.0 Å². The molecule has 1 atom stereocenters. The summed E-state index contributed by atoms with van der Waals surface area (Å²) in [7, 11) is -0.679. The standard InChI is InChI=1S/C21H30N4O4S/c1-22(2)30(28,29)16-9-10-17-19(14-16)25(15-20(26)23-11-5-3-6-12-23)21(27)18-8-4-7-13-24(17)18/h9-10,14,18H,3-8,11-13,15H2,1-2H3. The Morgan fingerprint density at radius 1 is 1.03 bits per heavy atom. The van der Waals surface area contributed by atoms with Gasteiger partial charge in [-0.1, -0.05) is 0 Å². The van der Waals surface area contributed by atoms with Gasteiger partial charge in [-0.15, -0.1) is 0 Å². The summed E-state index contributed by atoms with van der Waals surface area (Å²) < 4.78 is 26.5. The van der Waals surface area contributed by atoms with Gasteiger partial charge in [0.25, 0.3) is 0 Å². The number of anilines is 2. The first-order valence-corrected chi connectivity index (χ1v) is 12.2.